The molecule has 2 aromatic rings. The Morgan fingerprint density at radius 1 is 1.10 bits per heavy atom. The van der Waals surface area contributed by atoms with E-state index >= 15 is 0 Å². The van der Waals surface area contributed by atoms with Crippen molar-refractivity contribution < 1.29 is 4.39 Å². The van der Waals surface area contributed by atoms with E-state index < -0.39 is 0 Å². The van der Waals surface area contributed by atoms with Crippen LogP contribution in [0.15, 0.2) is 42.5 Å². The van der Waals surface area contributed by atoms with Crippen LogP contribution in [-0.2, 0) is 0 Å². The Labute approximate surface area is 119 Å². The molecule has 0 radical (unpaired) electrons. The van der Waals surface area contributed by atoms with E-state index in [1.54, 1.807) is 12.1 Å². The van der Waals surface area contributed by atoms with Gasteiger partial charge in [0, 0.05) is 0 Å². The summed E-state index contributed by atoms with van der Waals surface area (Å²) in [5, 5.41) is 0. The molecule has 2 heteroatoms. The third kappa shape index (κ3) is 2.48. The maximum absolute atomic E-state index is 13.4. The summed E-state index contributed by atoms with van der Waals surface area (Å²) < 4.78 is 13.4. The van der Waals surface area contributed by atoms with Gasteiger partial charge < -0.3 is 5.73 Å². The molecule has 1 fully saturated rings. The molecule has 0 heterocycles. The summed E-state index contributed by atoms with van der Waals surface area (Å²) in [7, 11) is 0. The topological polar surface area (TPSA) is 26.0 Å². The second-order valence-corrected chi connectivity index (χ2v) is 5.77. The van der Waals surface area contributed by atoms with Gasteiger partial charge in [0.1, 0.15) is 5.82 Å². The minimum atomic E-state index is -0.263. The second-order valence-electron chi connectivity index (χ2n) is 5.77. The molecule has 1 unspecified atom stereocenters. The lowest BCUT2D eigenvalue weighted by atomic mass is 9.79. The molecule has 1 atom stereocenters. The molecule has 104 valence electrons. The summed E-state index contributed by atoms with van der Waals surface area (Å²) in [6.07, 6.45) is 3.94. The predicted octanol–water partition coefficient (Wildman–Crippen LogP) is 4.45. The van der Waals surface area contributed by atoms with Gasteiger partial charge in [-0.3, -0.25) is 0 Å². The smallest absolute Gasteiger partial charge is 0.123 e. The van der Waals surface area contributed by atoms with Gasteiger partial charge in [-0.25, -0.2) is 4.39 Å². The van der Waals surface area contributed by atoms with Gasteiger partial charge >= 0.3 is 0 Å². The highest BCUT2D eigenvalue weighted by atomic mass is 19.1. The lowest BCUT2D eigenvalue weighted by molar-refractivity contribution is 0.419. The quantitative estimate of drug-likeness (QED) is 0.875. The van der Waals surface area contributed by atoms with Crippen LogP contribution < -0.4 is 5.73 Å². The van der Waals surface area contributed by atoms with Gasteiger partial charge in [0.2, 0.25) is 0 Å². The van der Waals surface area contributed by atoms with Crippen LogP contribution in [0.5, 0.6) is 0 Å². The lowest BCUT2D eigenvalue weighted by Crippen LogP contribution is -2.14. The molecular weight excluding hydrogens is 249 g/mol. The highest BCUT2D eigenvalue weighted by Crippen LogP contribution is 2.36. The number of hydrogen-bond acceptors (Lipinski definition) is 1. The van der Waals surface area contributed by atoms with Gasteiger partial charge in [0.25, 0.3) is 0 Å². The summed E-state index contributed by atoms with van der Waals surface area (Å²) in [5.41, 5.74) is 10.6. The molecule has 3 rings (SSSR count). The maximum atomic E-state index is 13.4. The summed E-state index contributed by atoms with van der Waals surface area (Å²) in [6.45, 7) is 1.97. The maximum Gasteiger partial charge on any atom is 0.123 e. The molecule has 0 saturated heterocycles. The molecule has 1 aliphatic carbocycles. The van der Waals surface area contributed by atoms with Crippen LogP contribution in [0.25, 0.3) is 0 Å². The van der Waals surface area contributed by atoms with E-state index in [0.29, 0.717) is 0 Å². The van der Waals surface area contributed by atoms with Crippen molar-refractivity contribution in [1.82, 2.24) is 0 Å². The van der Waals surface area contributed by atoms with Gasteiger partial charge in [0.05, 0.1) is 6.04 Å². The lowest BCUT2D eigenvalue weighted by Gasteiger charge is -2.26. The first-order valence-electron chi connectivity index (χ1n) is 7.26. The van der Waals surface area contributed by atoms with Crippen molar-refractivity contribution in [3.8, 4) is 0 Å². The van der Waals surface area contributed by atoms with E-state index in [9.17, 15) is 4.39 Å². The van der Waals surface area contributed by atoms with E-state index in [-0.39, 0.29) is 11.9 Å². The van der Waals surface area contributed by atoms with Crippen molar-refractivity contribution in [2.24, 2.45) is 5.73 Å². The largest absolute Gasteiger partial charge is 0.320 e. The average molecular weight is 269 g/mol. The molecular formula is C18H20FN. The van der Waals surface area contributed by atoms with E-state index in [4.69, 9.17) is 5.73 Å². The van der Waals surface area contributed by atoms with Crippen LogP contribution >= 0.6 is 0 Å². The van der Waals surface area contributed by atoms with Crippen LogP contribution in [-0.4, -0.2) is 0 Å². The molecule has 20 heavy (non-hydrogen) atoms. The Morgan fingerprint density at radius 2 is 1.80 bits per heavy atom. The Bertz CT molecular complexity index is 599. The summed E-state index contributed by atoms with van der Waals surface area (Å²) in [4.78, 5) is 0. The number of hydrogen-bond donors (Lipinski definition) is 1. The van der Waals surface area contributed by atoms with Crippen molar-refractivity contribution in [3.63, 3.8) is 0 Å². The number of rotatable bonds is 3. The molecule has 0 amide bonds. The Morgan fingerprint density at radius 3 is 2.40 bits per heavy atom. The molecule has 2 N–H and O–H groups in total. The molecule has 1 aliphatic rings. The number of nitrogens with two attached hydrogens (primary N) is 1. The fourth-order valence-electron chi connectivity index (χ4n) is 2.84. The van der Waals surface area contributed by atoms with Gasteiger partial charge in [-0.2, -0.15) is 0 Å². The van der Waals surface area contributed by atoms with Gasteiger partial charge in [0.15, 0.2) is 0 Å². The SMILES string of the molecule is Cc1ccc(F)cc1C(N)c1ccc(C2CCC2)cc1. The number of aryl methyl sites for hydroxylation is 1. The molecule has 1 saturated carbocycles. The number of halogens is 1. The summed E-state index contributed by atoms with van der Waals surface area (Å²) >= 11 is 0. The molecule has 0 bridgehead atoms. The van der Waals surface area contributed by atoms with Crippen LogP contribution in [0, 0.1) is 12.7 Å². The zero-order chi connectivity index (χ0) is 14.1. The third-order valence-corrected chi connectivity index (χ3v) is 4.45. The zero-order valence-corrected chi connectivity index (χ0v) is 11.8. The monoisotopic (exact) mass is 269 g/mol. The fourth-order valence-corrected chi connectivity index (χ4v) is 2.84. The van der Waals surface area contributed by atoms with Crippen LogP contribution in [0.2, 0.25) is 0 Å². The molecule has 1 nitrogen and oxygen atoms in total. The van der Waals surface area contributed by atoms with Crippen molar-refractivity contribution in [2.75, 3.05) is 0 Å². The minimum absolute atomic E-state index is 0.230. The Kier molecular flexibility index (Phi) is 3.58. The number of benzene rings is 2. The standard InChI is InChI=1S/C18H20FN/c1-12-5-10-16(19)11-17(12)18(20)15-8-6-14(7-9-15)13-3-2-4-13/h5-11,13,18H,2-4,20H2,1H3. The van der Waals surface area contributed by atoms with Gasteiger partial charge in [-0.1, -0.05) is 36.8 Å². The fraction of sp³-hybridized carbons (Fsp3) is 0.333. The van der Waals surface area contributed by atoms with Crippen LogP contribution in [0.1, 0.15) is 53.5 Å². The average Bonchev–Trinajstić information content (AvgIpc) is 2.40. The normalized spacial score (nSPS) is 16.8. The molecule has 0 spiro atoms. The summed E-state index contributed by atoms with van der Waals surface area (Å²) in [5.74, 6) is 0.503. The highest BCUT2D eigenvalue weighted by Gasteiger charge is 2.19. The van der Waals surface area contributed by atoms with Crippen molar-refractivity contribution in [2.45, 2.75) is 38.1 Å². The highest BCUT2D eigenvalue weighted by molar-refractivity contribution is 5.38. The Balaban J connectivity index is 1.85. The predicted molar refractivity (Wildman–Crippen MR) is 80.2 cm³/mol. The van der Waals surface area contributed by atoms with Crippen molar-refractivity contribution in [1.29, 1.82) is 0 Å². The third-order valence-electron chi connectivity index (χ3n) is 4.45. The van der Waals surface area contributed by atoms with Crippen molar-refractivity contribution >= 4 is 0 Å². The first kappa shape index (κ1) is 13.3. The van der Waals surface area contributed by atoms with Crippen LogP contribution in [0.3, 0.4) is 0 Å². The van der Waals surface area contributed by atoms with Crippen molar-refractivity contribution in [3.05, 3.63) is 70.5 Å². The zero-order valence-electron chi connectivity index (χ0n) is 11.8. The van der Waals surface area contributed by atoms with E-state index in [0.717, 1.165) is 22.6 Å². The first-order chi connectivity index (χ1) is 9.65. The van der Waals surface area contributed by atoms with Gasteiger partial charge in [-0.15, -0.1) is 0 Å². The van der Waals surface area contributed by atoms with Gasteiger partial charge in [-0.05, 0) is 60.1 Å². The van der Waals surface area contributed by atoms with E-state index in [2.05, 4.69) is 24.3 Å². The molecule has 0 aromatic heterocycles. The van der Waals surface area contributed by atoms with E-state index in [1.807, 2.05) is 6.92 Å². The second kappa shape index (κ2) is 5.37. The summed E-state index contributed by atoms with van der Waals surface area (Å²) in [6, 6.07) is 13.1. The Hall–Kier alpha value is -1.67. The van der Waals surface area contributed by atoms with E-state index in [1.165, 1.54) is 30.9 Å². The minimum Gasteiger partial charge on any atom is -0.320 e. The first-order valence-corrected chi connectivity index (χ1v) is 7.26. The molecule has 0 aliphatic heterocycles. The van der Waals surface area contributed by atoms with Crippen LogP contribution in [0.4, 0.5) is 4.39 Å². The molecule has 2 aromatic carbocycles.